The number of hydrogen-bond acceptors (Lipinski definition) is 4. The van der Waals surface area contributed by atoms with Crippen molar-refractivity contribution in [3.63, 3.8) is 0 Å². The Kier molecular flexibility index (Phi) is 6.29. The lowest BCUT2D eigenvalue weighted by molar-refractivity contribution is -0.130. The van der Waals surface area contributed by atoms with E-state index in [-0.39, 0.29) is 17.7 Å². The van der Waals surface area contributed by atoms with Crippen LogP contribution in [0.1, 0.15) is 49.5 Å². The van der Waals surface area contributed by atoms with Gasteiger partial charge in [-0.25, -0.2) is 0 Å². The molecule has 0 saturated carbocycles. The quantitative estimate of drug-likeness (QED) is 0.795. The van der Waals surface area contributed by atoms with Gasteiger partial charge in [0.2, 0.25) is 11.8 Å². The molecule has 0 aliphatic carbocycles. The van der Waals surface area contributed by atoms with Gasteiger partial charge in [0.25, 0.3) is 0 Å². The van der Waals surface area contributed by atoms with Crippen LogP contribution in [0.25, 0.3) is 6.08 Å². The Balaban J connectivity index is 1.48. The molecule has 1 fully saturated rings. The largest absolute Gasteiger partial charge is 0.360 e. The average molecular weight is 381 g/mol. The van der Waals surface area contributed by atoms with E-state index >= 15 is 0 Å². The highest BCUT2D eigenvalue weighted by molar-refractivity contribution is 5.93. The Morgan fingerprint density at radius 3 is 2.46 bits per heavy atom. The molecule has 0 bridgehead atoms. The molecule has 0 spiro atoms. The first kappa shape index (κ1) is 19.9. The van der Waals surface area contributed by atoms with Crippen LogP contribution in [0.15, 0.2) is 40.9 Å². The lowest BCUT2D eigenvalue weighted by atomic mass is 9.96. The van der Waals surface area contributed by atoms with Gasteiger partial charge in [-0.05, 0) is 42.9 Å². The number of amides is 2. The number of carbonyl (C=O) groups excluding carboxylic acids is 2. The van der Waals surface area contributed by atoms with Crippen LogP contribution in [-0.4, -0.2) is 35.0 Å². The summed E-state index contributed by atoms with van der Waals surface area (Å²) in [5.74, 6) is 1.38. The summed E-state index contributed by atoms with van der Waals surface area (Å²) in [5.41, 5.74) is 2.29. The predicted octanol–water partition coefficient (Wildman–Crippen LogP) is 4.00. The standard InChI is InChI=1S/C22H27N3O3/c1-15(2)18-7-4-17(5-8-18)6-9-21(26)25-12-10-19(11-13-25)22(27)23-20-14-16(3)28-24-20/h4-9,14-15,19H,10-13H2,1-3H3,(H,23,24,27)/b9-6+. The fourth-order valence-corrected chi connectivity index (χ4v) is 3.28. The Labute approximate surface area is 165 Å². The van der Waals surface area contributed by atoms with E-state index in [1.165, 1.54) is 5.56 Å². The van der Waals surface area contributed by atoms with Gasteiger partial charge in [0, 0.05) is 31.1 Å². The summed E-state index contributed by atoms with van der Waals surface area (Å²) in [4.78, 5) is 26.6. The van der Waals surface area contributed by atoms with E-state index in [0.717, 1.165) is 5.56 Å². The minimum Gasteiger partial charge on any atom is -0.360 e. The molecule has 1 saturated heterocycles. The van der Waals surface area contributed by atoms with Crippen molar-refractivity contribution in [1.29, 1.82) is 0 Å². The first-order valence-corrected chi connectivity index (χ1v) is 9.73. The molecule has 6 heteroatoms. The highest BCUT2D eigenvalue weighted by Gasteiger charge is 2.27. The maximum absolute atomic E-state index is 12.4. The van der Waals surface area contributed by atoms with Gasteiger partial charge in [-0.1, -0.05) is 43.3 Å². The third-order valence-corrected chi connectivity index (χ3v) is 5.08. The molecule has 28 heavy (non-hydrogen) atoms. The lowest BCUT2D eigenvalue weighted by Crippen LogP contribution is -2.40. The number of piperidine rings is 1. The van der Waals surface area contributed by atoms with Crippen LogP contribution in [0.4, 0.5) is 5.82 Å². The van der Waals surface area contributed by atoms with Crippen LogP contribution < -0.4 is 5.32 Å². The van der Waals surface area contributed by atoms with E-state index in [0.29, 0.717) is 43.4 Å². The van der Waals surface area contributed by atoms with Gasteiger partial charge < -0.3 is 14.7 Å². The molecule has 1 aliphatic heterocycles. The smallest absolute Gasteiger partial charge is 0.246 e. The van der Waals surface area contributed by atoms with Crippen LogP contribution in [0.5, 0.6) is 0 Å². The summed E-state index contributed by atoms with van der Waals surface area (Å²) in [7, 11) is 0. The molecule has 1 aliphatic rings. The average Bonchev–Trinajstić information content (AvgIpc) is 3.11. The van der Waals surface area contributed by atoms with Crippen molar-refractivity contribution in [2.45, 2.75) is 39.5 Å². The van der Waals surface area contributed by atoms with Crippen molar-refractivity contribution < 1.29 is 14.1 Å². The van der Waals surface area contributed by atoms with E-state index in [4.69, 9.17) is 4.52 Å². The summed E-state index contributed by atoms with van der Waals surface area (Å²) >= 11 is 0. The summed E-state index contributed by atoms with van der Waals surface area (Å²) < 4.78 is 4.96. The molecule has 1 N–H and O–H groups in total. The Bertz CT molecular complexity index is 844. The second-order valence-electron chi connectivity index (χ2n) is 7.57. The van der Waals surface area contributed by atoms with Crippen molar-refractivity contribution in [3.05, 3.63) is 53.3 Å². The van der Waals surface area contributed by atoms with Crippen molar-refractivity contribution in [3.8, 4) is 0 Å². The molecule has 0 atom stereocenters. The molecule has 6 nitrogen and oxygen atoms in total. The van der Waals surface area contributed by atoms with Crippen LogP contribution >= 0.6 is 0 Å². The molecule has 2 aromatic rings. The number of anilines is 1. The molecular formula is C22H27N3O3. The maximum Gasteiger partial charge on any atom is 0.246 e. The summed E-state index contributed by atoms with van der Waals surface area (Å²) in [6.07, 6.45) is 4.75. The number of benzene rings is 1. The molecule has 148 valence electrons. The second kappa shape index (κ2) is 8.87. The Hall–Kier alpha value is -2.89. The first-order valence-electron chi connectivity index (χ1n) is 9.73. The number of rotatable bonds is 5. The summed E-state index contributed by atoms with van der Waals surface area (Å²) in [6.45, 7) is 7.24. The fourth-order valence-electron chi connectivity index (χ4n) is 3.28. The van der Waals surface area contributed by atoms with E-state index < -0.39 is 0 Å². The number of carbonyl (C=O) groups is 2. The summed E-state index contributed by atoms with van der Waals surface area (Å²) in [5, 5.41) is 6.56. The monoisotopic (exact) mass is 381 g/mol. The van der Waals surface area contributed by atoms with Gasteiger partial charge >= 0.3 is 0 Å². The van der Waals surface area contributed by atoms with Crippen LogP contribution in [0.3, 0.4) is 0 Å². The highest BCUT2D eigenvalue weighted by atomic mass is 16.5. The Morgan fingerprint density at radius 1 is 1.21 bits per heavy atom. The lowest BCUT2D eigenvalue weighted by Gasteiger charge is -2.30. The zero-order valence-electron chi connectivity index (χ0n) is 16.6. The predicted molar refractivity (Wildman–Crippen MR) is 109 cm³/mol. The molecule has 2 heterocycles. The molecule has 1 aromatic carbocycles. The van der Waals surface area contributed by atoms with Crippen molar-refractivity contribution in [1.82, 2.24) is 10.1 Å². The number of nitrogens with one attached hydrogen (secondary N) is 1. The first-order chi connectivity index (χ1) is 13.4. The van der Waals surface area contributed by atoms with Crippen molar-refractivity contribution in [2.75, 3.05) is 18.4 Å². The van der Waals surface area contributed by atoms with Gasteiger partial charge in [0.1, 0.15) is 5.76 Å². The fraction of sp³-hybridized carbons (Fsp3) is 0.409. The Morgan fingerprint density at radius 2 is 1.89 bits per heavy atom. The van der Waals surface area contributed by atoms with E-state index in [9.17, 15) is 9.59 Å². The van der Waals surface area contributed by atoms with Gasteiger partial charge in [-0.2, -0.15) is 0 Å². The molecular weight excluding hydrogens is 354 g/mol. The molecule has 3 rings (SSSR count). The topological polar surface area (TPSA) is 75.4 Å². The minimum absolute atomic E-state index is 0.0149. The van der Waals surface area contributed by atoms with Gasteiger partial charge in [0.05, 0.1) is 0 Å². The molecule has 2 amide bonds. The van der Waals surface area contributed by atoms with E-state index in [2.05, 4.69) is 36.5 Å². The number of nitrogens with zero attached hydrogens (tertiary/aromatic N) is 2. The van der Waals surface area contributed by atoms with Gasteiger partial charge in [0.15, 0.2) is 5.82 Å². The van der Waals surface area contributed by atoms with Gasteiger partial charge in [-0.3, -0.25) is 9.59 Å². The number of aryl methyl sites for hydroxylation is 1. The van der Waals surface area contributed by atoms with Gasteiger partial charge in [-0.15, -0.1) is 0 Å². The zero-order valence-corrected chi connectivity index (χ0v) is 16.6. The van der Waals surface area contributed by atoms with E-state index in [1.807, 2.05) is 18.2 Å². The normalized spacial score (nSPS) is 15.4. The highest BCUT2D eigenvalue weighted by Crippen LogP contribution is 2.20. The third kappa shape index (κ3) is 5.09. The van der Waals surface area contributed by atoms with Crippen LogP contribution in [0, 0.1) is 12.8 Å². The van der Waals surface area contributed by atoms with Crippen LogP contribution in [0.2, 0.25) is 0 Å². The zero-order chi connectivity index (χ0) is 20.1. The molecule has 0 radical (unpaired) electrons. The summed E-state index contributed by atoms with van der Waals surface area (Å²) in [6, 6.07) is 9.93. The molecule has 0 unspecified atom stereocenters. The number of likely N-dealkylation sites (tertiary alicyclic amines) is 1. The molecule has 1 aromatic heterocycles. The SMILES string of the molecule is Cc1cc(NC(=O)C2CCN(C(=O)/C=C/c3ccc(C(C)C)cc3)CC2)no1. The number of hydrogen-bond donors (Lipinski definition) is 1. The van der Waals surface area contributed by atoms with Crippen molar-refractivity contribution >= 4 is 23.7 Å². The maximum atomic E-state index is 12.4. The number of aromatic nitrogens is 1. The van der Waals surface area contributed by atoms with Crippen molar-refractivity contribution in [2.24, 2.45) is 5.92 Å². The second-order valence-corrected chi connectivity index (χ2v) is 7.57. The minimum atomic E-state index is -0.117. The van der Waals surface area contributed by atoms with Crippen LogP contribution in [-0.2, 0) is 9.59 Å². The van der Waals surface area contributed by atoms with E-state index in [1.54, 1.807) is 24.0 Å². The third-order valence-electron chi connectivity index (χ3n) is 5.08.